The lowest BCUT2D eigenvalue weighted by Gasteiger charge is -2.27. The van der Waals surface area contributed by atoms with Gasteiger partial charge in [-0.15, -0.1) is 0 Å². The molecule has 1 saturated heterocycles. The summed E-state index contributed by atoms with van der Waals surface area (Å²) in [5.41, 5.74) is -0.688. The minimum Gasteiger partial charge on any atom is -0.387 e. The summed E-state index contributed by atoms with van der Waals surface area (Å²) in [5, 5.41) is 13.1. The van der Waals surface area contributed by atoms with Crippen molar-refractivity contribution >= 4 is 9.84 Å². The van der Waals surface area contributed by atoms with Gasteiger partial charge in [-0.25, -0.2) is 8.42 Å². The predicted octanol–water partition coefficient (Wildman–Crippen LogP) is -1.31. The van der Waals surface area contributed by atoms with E-state index in [2.05, 4.69) is 5.32 Å². The van der Waals surface area contributed by atoms with E-state index in [0.717, 1.165) is 13.0 Å². The Balaban J connectivity index is 2.32. The molecule has 1 aliphatic heterocycles. The zero-order chi connectivity index (χ0) is 11.5. The van der Waals surface area contributed by atoms with E-state index >= 15 is 0 Å². The third kappa shape index (κ3) is 4.92. The molecule has 1 aliphatic rings. The van der Waals surface area contributed by atoms with Crippen molar-refractivity contribution in [3.63, 3.8) is 0 Å². The molecule has 1 atom stereocenters. The topological polar surface area (TPSA) is 69.6 Å². The van der Waals surface area contributed by atoms with Crippen LogP contribution in [-0.2, 0) is 9.84 Å². The highest BCUT2D eigenvalue weighted by atomic mass is 32.2. The molecule has 6 heteroatoms. The van der Waals surface area contributed by atoms with E-state index < -0.39 is 15.4 Å². The van der Waals surface area contributed by atoms with Gasteiger partial charge in [0.2, 0.25) is 0 Å². The van der Waals surface area contributed by atoms with Gasteiger partial charge in [0, 0.05) is 25.9 Å². The van der Waals surface area contributed by atoms with Gasteiger partial charge >= 0.3 is 0 Å². The first kappa shape index (κ1) is 12.9. The number of hydrogen-bond acceptors (Lipinski definition) is 5. The molecule has 0 aromatic carbocycles. The van der Waals surface area contributed by atoms with Gasteiger partial charge < -0.3 is 15.3 Å². The van der Waals surface area contributed by atoms with Crippen LogP contribution in [0.25, 0.3) is 0 Å². The van der Waals surface area contributed by atoms with Gasteiger partial charge in [0.25, 0.3) is 0 Å². The van der Waals surface area contributed by atoms with Crippen LogP contribution < -0.4 is 5.32 Å². The Labute approximate surface area is 91.4 Å². The van der Waals surface area contributed by atoms with Crippen LogP contribution in [0.15, 0.2) is 0 Å². The standard InChI is InChI=1S/C9H20N2O3S/c1-11(5-6-15(2,13)14)8-9(12)3-4-10-7-9/h10,12H,3-8H2,1-2H3. The van der Waals surface area contributed by atoms with E-state index in [1.165, 1.54) is 6.26 Å². The molecular weight excluding hydrogens is 216 g/mol. The number of rotatable bonds is 5. The van der Waals surface area contributed by atoms with E-state index in [1.807, 2.05) is 11.9 Å². The molecule has 90 valence electrons. The van der Waals surface area contributed by atoms with E-state index in [9.17, 15) is 13.5 Å². The summed E-state index contributed by atoms with van der Waals surface area (Å²) in [6.45, 7) is 2.42. The molecule has 0 radical (unpaired) electrons. The normalized spacial score (nSPS) is 27.5. The predicted molar refractivity (Wildman–Crippen MR) is 59.6 cm³/mol. The van der Waals surface area contributed by atoms with Gasteiger partial charge in [0.1, 0.15) is 9.84 Å². The zero-order valence-electron chi connectivity index (χ0n) is 9.36. The summed E-state index contributed by atoms with van der Waals surface area (Å²) in [6, 6.07) is 0. The maximum atomic E-state index is 11.0. The van der Waals surface area contributed by atoms with Crippen LogP contribution in [0, 0.1) is 0 Å². The van der Waals surface area contributed by atoms with Gasteiger partial charge in [-0.2, -0.15) is 0 Å². The number of hydrogen-bond donors (Lipinski definition) is 2. The second kappa shape index (κ2) is 4.78. The lowest BCUT2D eigenvalue weighted by Crippen LogP contribution is -2.44. The van der Waals surface area contributed by atoms with Gasteiger partial charge in [-0.3, -0.25) is 0 Å². The lowest BCUT2D eigenvalue weighted by atomic mass is 10.0. The minimum absolute atomic E-state index is 0.146. The molecule has 1 unspecified atom stereocenters. The number of aliphatic hydroxyl groups is 1. The quantitative estimate of drug-likeness (QED) is 0.620. The first-order valence-electron chi connectivity index (χ1n) is 5.10. The van der Waals surface area contributed by atoms with Gasteiger partial charge in [0.05, 0.1) is 11.4 Å². The summed E-state index contributed by atoms with van der Waals surface area (Å²) < 4.78 is 21.9. The smallest absolute Gasteiger partial charge is 0.148 e. The van der Waals surface area contributed by atoms with Crippen molar-refractivity contribution in [1.29, 1.82) is 0 Å². The zero-order valence-corrected chi connectivity index (χ0v) is 10.2. The average molecular weight is 236 g/mol. The van der Waals surface area contributed by atoms with Crippen molar-refractivity contribution in [3.8, 4) is 0 Å². The van der Waals surface area contributed by atoms with Crippen LogP contribution in [0.4, 0.5) is 0 Å². The number of nitrogens with zero attached hydrogens (tertiary/aromatic N) is 1. The van der Waals surface area contributed by atoms with Crippen LogP contribution in [0.5, 0.6) is 0 Å². The van der Waals surface area contributed by atoms with Gasteiger partial charge in [-0.05, 0) is 20.0 Å². The molecule has 0 spiro atoms. The number of β-amino-alcohol motifs (C(OH)–C–C–N with tert-alkyl or cyclic N) is 1. The fraction of sp³-hybridized carbons (Fsp3) is 1.00. The SMILES string of the molecule is CN(CCS(C)(=O)=O)CC1(O)CCNC1. The van der Waals surface area contributed by atoms with Crippen LogP contribution in [0.1, 0.15) is 6.42 Å². The van der Waals surface area contributed by atoms with Crippen molar-refractivity contribution in [2.75, 3.05) is 45.2 Å². The van der Waals surface area contributed by atoms with Crippen molar-refractivity contribution in [2.45, 2.75) is 12.0 Å². The monoisotopic (exact) mass is 236 g/mol. The van der Waals surface area contributed by atoms with Crippen LogP contribution in [0.2, 0.25) is 0 Å². The molecule has 0 aromatic rings. The molecule has 1 fully saturated rings. The Hall–Kier alpha value is -0.170. The van der Waals surface area contributed by atoms with Gasteiger partial charge in [0.15, 0.2) is 0 Å². The molecule has 0 amide bonds. The molecule has 0 aliphatic carbocycles. The molecule has 15 heavy (non-hydrogen) atoms. The van der Waals surface area contributed by atoms with E-state index in [1.54, 1.807) is 0 Å². The van der Waals surface area contributed by atoms with Crippen LogP contribution in [0.3, 0.4) is 0 Å². The Kier molecular flexibility index (Phi) is 4.11. The summed E-state index contributed by atoms with van der Waals surface area (Å²) in [4.78, 5) is 1.87. The minimum atomic E-state index is -2.91. The fourth-order valence-electron chi connectivity index (χ4n) is 1.77. The van der Waals surface area contributed by atoms with E-state index in [-0.39, 0.29) is 5.75 Å². The maximum Gasteiger partial charge on any atom is 0.148 e. The highest BCUT2D eigenvalue weighted by molar-refractivity contribution is 7.90. The molecule has 0 bridgehead atoms. The maximum absolute atomic E-state index is 11.0. The summed E-state index contributed by atoms with van der Waals surface area (Å²) >= 11 is 0. The van der Waals surface area contributed by atoms with Gasteiger partial charge in [-0.1, -0.05) is 0 Å². The lowest BCUT2D eigenvalue weighted by molar-refractivity contribution is 0.0299. The summed E-state index contributed by atoms with van der Waals surface area (Å²) in [6.07, 6.45) is 1.96. The molecule has 1 rings (SSSR count). The molecule has 2 N–H and O–H groups in total. The van der Waals surface area contributed by atoms with Crippen molar-refractivity contribution < 1.29 is 13.5 Å². The molecule has 5 nitrogen and oxygen atoms in total. The summed E-state index contributed by atoms with van der Waals surface area (Å²) in [5.74, 6) is 0.146. The first-order valence-corrected chi connectivity index (χ1v) is 7.16. The fourth-order valence-corrected chi connectivity index (χ4v) is 2.41. The van der Waals surface area contributed by atoms with Crippen molar-refractivity contribution in [3.05, 3.63) is 0 Å². The summed E-state index contributed by atoms with van der Waals surface area (Å²) in [7, 11) is -1.08. The highest BCUT2D eigenvalue weighted by Gasteiger charge is 2.32. The largest absolute Gasteiger partial charge is 0.387 e. The molecular formula is C9H20N2O3S. The second-order valence-electron chi connectivity index (χ2n) is 4.52. The Morgan fingerprint density at radius 1 is 1.53 bits per heavy atom. The van der Waals surface area contributed by atoms with E-state index in [0.29, 0.717) is 19.6 Å². The molecule has 1 heterocycles. The second-order valence-corrected chi connectivity index (χ2v) is 6.78. The Bertz CT molecular complexity index is 296. The van der Waals surface area contributed by atoms with Crippen LogP contribution >= 0.6 is 0 Å². The number of likely N-dealkylation sites (N-methyl/N-ethyl adjacent to an activating group) is 1. The average Bonchev–Trinajstić information content (AvgIpc) is 2.47. The Morgan fingerprint density at radius 2 is 2.20 bits per heavy atom. The third-order valence-corrected chi connectivity index (χ3v) is 3.55. The third-order valence-electron chi connectivity index (χ3n) is 2.63. The highest BCUT2D eigenvalue weighted by Crippen LogP contribution is 2.14. The first-order chi connectivity index (χ1) is 6.81. The van der Waals surface area contributed by atoms with Crippen molar-refractivity contribution in [2.24, 2.45) is 0 Å². The van der Waals surface area contributed by atoms with E-state index in [4.69, 9.17) is 0 Å². The number of sulfone groups is 1. The van der Waals surface area contributed by atoms with Crippen LogP contribution in [-0.4, -0.2) is 69.3 Å². The Morgan fingerprint density at radius 3 is 2.67 bits per heavy atom. The molecule has 0 aromatic heterocycles. The van der Waals surface area contributed by atoms with Crippen molar-refractivity contribution in [1.82, 2.24) is 10.2 Å². The molecule has 0 saturated carbocycles. The number of nitrogens with one attached hydrogen (secondary N) is 1.